The highest BCUT2D eigenvalue weighted by atomic mass is 127. The Morgan fingerprint density at radius 3 is 2.74 bits per heavy atom. The van der Waals surface area contributed by atoms with Gasteiger partial charge in [0.2, 0.25) is 0 Å². The van der Waals surface area contributed by atoms with Crippen LogP contribution in [0.3, 0.4) is 0 Å². The van der Waals surface area contributed by atoms with E-state index in [9.17, 15) is 4.79 Å². The van der Waals surface area contributed by atoms with Gasteiger partial charge in [-0.05, 0) is 17.5 Å². The van der Waals surface area contributed by atoms with Crippen LogP contribution in [0.25, 0.3) is 10.9 Å². The quantitative estimate of drug-likeness (QED) is 0.438. The first-order valence-electron chi connectivity index (χ1n) is 7.37. The molecule has 0 radical (unpaired) electrons. The Balaban J connectivity index is 0.00000192. The molecule has 0 amide bonds. The second-order valence-corrected chi connectivity index (χ2v) is 6.59. The molecule has 2 N–H and O–H groups in total. The molecule has 0 unspecified atom stereocenters. The van der Waals surface area contributed by atoms with Crippen LogP contribution in [0.5, 0.6) is 0 Å². The molecule has 1 aromatic heterocycles. The molecule has 0 spiro atoms. The third-order valence-electron chi connectivity index (χ3n) is 3.95. The van der Waals surface area contributed by atoms with Crippen molar-refractivity contribution >= 4 is 52.6 Å². The summed E-state index contributed by atoms with van der Waals surface area (Å²) in [6, 6.07) is 9.78. The topological polar surface area (TPSA) is 63.6 Å². The summed E-state index contributed by atoms with van der Waals surface area (Å²) in [6.45, 7) is 2.18. The highest BCUT2D eigenvalue weighted by Crippen LogP contribution is 2.13. The molecule has 1 aromatic carbocycles. The van der Waals surface area contributed by atoms with Gasteiger partial charge in [0.25, 0.3) is 5.56 Å². The van der Waals surface area contributed by atoms with E-state index in [1.54, 1.807) is 11.6 Å². The summed E-state index contributed by atoms with van der Waals surface area (Å²) in [4.78, 5) is 18.9. The Labute approximate surface area is 157 Å². The van der Waals surface area contributed by atoms with E-state index in [4.69, 9.17) is 5.73 Å². The lowest BCUT2D eigenvalue weighted by atomic mass is 10.1. The highest BCUT2D eigenvalue weighted by molar-refractivity contribution is 14.0. The lowest BCUT2D eigenvalue weighted by molar-refractivity contribution is 0.455. The molecule has 124 valence electrons. The Morgan fingerprint density at radius 2 is 2.00 bits per heavy atom. The number of hydrogen-bond donors (Lipinski definition) is 1. The number of para-hydroxylation sites is 1. The number of halogens is 1. The Hall–Kier alpha value is -1.22. The smallest absolute Gasteiger partial charge is 0.255 e. The number of hydrogen-bond acceptors (Lipinski definition) is 3. The van der Waals surface area contributed by atoms with E-state index in [1.165, 1.54) is 0 Å². The molecule has 23 heavy (non-hydrogen) atoms. The van der Waals surface area contributed by atoms with Gasteiger partial charge in [-0.1, -0.05) is 18.2 Å². The average molecular weight is 444 g/mol. The fraction of sp³-hybridized carbons (Fsp3) is 0.375. The molecule has 3 rings (SSSR count). The fourth-order valence-corrected chi connectivity index (χ4v) is 3.56. The van der Waals surface area contributed by atoms with Crippen molar-refractivity contribution in [2.75, 3.05) is 24.6 Å². The molecule has 0 saturated carbocycles. The molecule has 0 atom stereocenters. The zero-order chi connectivity index (χ0) is 15.5. The van der Waals surface area contributed by atoms with E-state index in [-0.39, 0.29) is 29.5 Å². The summed E-state index contributed by atoms with van der Waals surface area (Å²) in [5, 5.41) is 1.04. The SMILES string of the molecule is Cn1c(=O)c(CN=C(N)N2CCSCC2)cc2ccccc21.I. The fourth-order valence-electron chi connectivity index (χ4n) is 2.66. The van der Waals surface area contributed by atoms with E-state index >= 15 is 0 Å². The molecule has 2 aromatic rings. The van der Waals surface area contributed by atoms with Gasteiger partial charge in [-0.25, -0.2) is 4.99 Å². The number of aromatic nitrogens is 1. The van der Waals surface area contributed by atoms with Crippen molar-refractivity contribution in [2.45, 2.75) is 6.54 Å². The molecule has 7 heteroatoms. The van der Waals surface area contributed by atoms with Crippen LogP contribution >= 0.6 is 35.7 Å². The Kier molecular flexibility index (Phi) is 6.34. The average Bonchev–Trinajstić information content (AvgIpc) is 2.57. The van der Waals surface area contributed by atoms with Crippen LogP contribution in [-0.4, -0.2) is 40.0 Å². The monoisotopic (exact) mass is 444 g/mol. The summed E-state index contributed by atoms with van der Waals surface area (Å²) in [7, 11) is 1.79. The van der Waals surface area contributed by atoms with Crippen molar-refractivity contribution in [3.8, 4) is 0 Å². The predicted molar refractivity (Wildman–Crippen MR) is 109 cm³/mol. The number of aryl methyl sites for hydroxylation is 1. The van der Waals surface area contributed by atoms with E-state index < -0.39 is 0 Å². The van der Waals surface area contributed by atoms with Gasteiger partial charge in [0.05, 0.1) is 12.1 Å². The summed E-state index contributed by atoms with van der Waals surface area (Å²) >= 11 is 1.93. The molecule has 0 bridgehead atoms. The molecule has 0 aliphatic carbocycles. The van der Waals surface area contributed by atoms with E-state index in [2.05, 4.69) is 9.89 Å². The standard InChI is InChI=1S/C16H20N4OS.HI/c1-19-14-5-3-2-4-12(14)10-13(15(19)21)11-18-16(17)20-6-8-22-9-7-20;/h2-5,10H,6-9,11H2,1H3,(H2,17,18);1H. The summed E-state index contributed by atoms with van der Waals surface area (Å²) in [5.41, 5.74) is 7.65. The summed E-state index contributed by atoms with van der Waals surface area (Å²) in [6.07, 6.45) is 0. The normalized spacial score (nSPS) is 15.5. The van der Waals surface area contributed by atoms with Crippen molar-refractivity contribution in [3.05, 3.63) is 46.2 Å². The van der Waals surface area contributed by atoms with Crippen LogP contribution in [0.15, 0.2) is 40.1 Å². The molecule has 1 saturated heterocycles. The highest BCUT2D eigenvalue weighted by Gasteiger charge is 2.12. The lowest BCUT2D eigenvalue weighted by Crippen LogP contribution is -2.42. The zero-order valence-electron chi connectivity index (χ0n) is 13.1. The number of rotatable bonds is 2. The van der Waals surface area contributed by atoms with Gasteiger partial charge in [0, 0.05) is 37.2 Å². The number of nitrogens with zero attached hydrogens (tertiary/aromatic N) is 3. The van der Waals surface area contributed by atoms with E-state index in [1.807, 2.05) is 42.1 Å². The van der Waals surface area contributed by atoms with Crippen LogP contribution < -0.4 is 11.3 Å². The number of aliphatic imine (C=N–C) groups is 1. The Bertz CT molecular complexity index is 768. The molecule has 2 heterocycles. The van der Waals surface area contributed by atoms with Crippen molar-refractivity contribution in [1.82, 2.24) is 9.47 Å². The van der Waals surface area contributed by atoms with Gasteiger partial charge in [0.15, 0.2) is 5.96 Å². The first-order chi connectivity index (χ1) is 10.7. The predicted octanol–water partition coefficient (Wildman–Crippen LogP) is 2.02. The lowest BCUT2D eigenvalue weighted by Gasteiger charge is -2.27. The van der Waals surface area contributed by atoms with Crippen molar-refractivity contribution in [2.24, 2.45) is 17.8 Å². The number of guanidine groups is 1. The number of thioether (sulfide) groups is 1. The van der Waals surface area contributed by atoms with Gasteiger partial charge in [-0.3, -0.25) is 4.79 Å². The van der Waals surface area contributed by atoms with E-state index in [0.717, 1.165) is 35.5 Å². The van der Waals surface area contributed by atoms with Crippen LogP contribution in [0.1, 0.15) is 5.56 Å². The van der Waals surface area contributed by atoms with Gasteiger partial charge in [-0.15, -0.1) is 24.0 Å². The number of nitrogens with two attached hydrogens (primary N) is 1. The van der Waals surface area contributed by atoms with Crippen LogP contribution in [0.4, 0.5) is 0 Å². The minimum Gasteiger partial charge on any atom is -0.370 e. The van der Waals surface area contributed by atoms with Crippen molar-refractivity contribution < 1.29 is 0 Å². The molecule has 1 aliphatic heterocycles. The number of benzene rings is 1. The molecular weight excluding hydrogens is 423 g/mol. The second-order valence-electron chi connectivity index (χ2n) is 5.37. The van der Waals surface area contributed by atoms with Gasteiger partial charge >= 0.3 is 0 Å². The van der Waals surface area contributed by atoms with E-state index in [0.29, 0.717) is 18.1 Å². The minimum absolute atomic E-state index is 0. The second kappa shape index (κ2) is 8.05. The maximum atomic E-state index is 12.4. The molecule has 5 nitrogen and oxygen atoms in total. The Morgan fingerprint density at radius 1 is 1.30 bits per heavy atom. The number of fused-ring (bicyclic) bond motifs is 1. The van der Waals surface area contributed by atoms with Crippen molar-refractivity contribution in [1.29, 1.82) is 0 Å². The van der Waals surface area contributed by atoms with Crippen LogP contribution in [-0.2, 0) is 13.6 Å². The first kappa shape index (κ1) is 18.1. The summed E-state index contributed by atoms with van der Waals surface area (Å²) in [5.74, 6) is 2.69. The minimum atomic E-state index is -0.00977. The first-order valence-corrected chi connectivity index (χ1v) is 8.52. The van der Waals surface area contributed by atoms with Crippen molar-refractivity contribution in [3.63, 3.8) is 0 Å². The van der Waals surface area contributed by atoms with Gasteiger partial charge in [-0.2, -0.15) is 11.8 Å². The van der Waals surface area contributed by atoms with Gasteiger partial charge < -0.3 is 15.2 Å². The maximum absolute atomic E-state index is 12.4. The van der Waals surface area contributed by atoms with Crippen LogP contribution in [0, 0.1) is 0 Å². The third-order valence-corrected chi connectivity index (χ3v) is 4.90. The maximum Gasteiger partial charge on any atom is 0.255 e. The summed E-state index contributed by atoms with van der Waals surface area (Å²) < 4.78 is 1.67. The third kappa shape index (κ3) is 4.00. The number of pyridine rings is 1. The molecule has 1 fully saturated rings. The zero-order valence-corrected chi connectivity index (χ0v) is 16.2. The largest absolute Gasteiger partial charge is 0.370 e. The van der Waals surface area contributed by atoms with Gasteiger partial charge in [0.1, 0.15) is 0 Å². The molecular formula is C16H21IN4OS. The van der Waals surface area contributed by atoms with Crippen LogP contribution in [0.2, 0.25) is 0 Å². The molecule has 1 aliphatic rings.